The second kappa shape index (κ2) is 15.6. The van der Waals surface area contributed by atoms with Crippen LogP contribution in [0, 0.1) is 13.8 Å². The van der Waals surface area contributed by atoms with Gasteiger partial charge in [-0.05, 0) is 140 Å². The summed E-state index contributed by atoms with van der Waals surface area (Å²) >= 11 is 1.98. The number of anilines is 6. The molecule has 2 aliphatic heterocycles. The number of furan rings is 1. The average Bonchev–Trinajstić information content (AvgIpc) is 3.90. The van der Waals surface area contributed by atoms with Crippen molar-refractivity contribution in [3.63, 3.8) is 0 Å². The average molecular weight is 907 g/mol. The summed E-state index contributed by atoms with van der Waals surface area (Å²) in [6.07, 6.45) is 1.95. The van der Waals surface area contributed by atoms with Crippen molar-refractivity contribution in [1.82, 2.24) is 0 Å². The molecule has 0 spiro atoms. The van der Waals surface area contributed by atoms with Gasteiger partial charge in [-0.25, -0.2) is 0 Å². The number of thiophene rings is 1. The molecule has 5 heteroatoms. The Morgan fingerprint density at radius 1 is 0.515 bits per heavy atom. The Kier molecular flexibility index (Phi) is 10.2. The molecule has 7 aromatic carbocycles. The summed E-state index contributed by atoms with van der Waals surface area (Å²) in [4.78, 5) is 5.34. The first-order chi connectivity index (χ1) is 32.3. The number of hydrogen-bond acceptors (Lipinski definition) is 4. The zero-order valence-electron chi connectivity index (χ0n) is 42.1. The molecule has 0 saturated heterocycles. The molecule has 4 heterocycles. The third-order valence-electron chi connectivity index (χ3n) is 14.8. The first kappa shape index (κ1) is 44.2. The molecule has 0 fully saturated rings. The van der Waals surface area contributed by atoms with Crippen molar-refractivity contribution in [2.24, 2.45) is 0 Å². The van der Waals surface area contributed by atoms with Crippen LogP contribution in [-0.4, -0.2) is 6.71 Å². The van der Waals surface area contributed by atoms with E-state index in [9.17, 15) is 0 Å². The van der Waals surface area contributed by atoms with E-state index >= 15 is 0 Å². The Morgan fingerprint density at radius 3 is 1.82 bits per heavy atom. The highest BCUT2D eigenvalue weighted by atomic mass is 32.1. The largest absolute Gasteiger partial charge is 0.464 e. The minimum Gasteiger partial charge on any atom is -0.464 e. The topological polar surface area (TPSA) is 19.6 Å². The number of fused-ring (bicyclic) bond motifs is 7. The number of benzene rings is 7. The predicted molar refractivity (Wildman–Crippen MR) is 296 cm³/mol. The number of nitrogens with zero attached hydrogens (tertiary/aromatic N) is 2. The molecule has 0 N–H and O–H groups in total. The van der Waals surface area contributed by atoms with E-state index in [2.05, 4.69) is 233 Å². The molecule has 68 heavy (non-hydrogen) atoms. The number of para-hydroxylation sites is 1. The van der Waals surface area contributed by atoms with E-state index in [0.29, 0.717) is 0 Å². The van der Waals surface area contributed by atoms with Crippen molar-refractivity contribution in [3.8, 4) is 22.3 Å². The molecule has 0 atom stereocenters. The number of rotatable bonds is 5. The maximum absolute atomic E-state index is 6.24. The Balaban J connectivity index is 1.29. The van der Waals surface area contributed by atoms with Crippen LogP contribution < -0.4 is 25.5 Å². The second-order valence-corrected chi connectivity index (χ2v) is 24.1. The number of aryl methyl sites for hydroxylation is 2. The van der Waals surface area contributed by atoms with Gasteiger partial charge in [-0.3, -0.25) is 0 Å². The van der Waals surface area contributed by atoms with Gasteiger partial charge in [-0.2, -0.15) is 0 Å². The first-order valence-electron chi connectivity index (χ1n) is 24.5. The van der Waals surface area contributed by atoms with Gasteiger partial charge in [0.25, 0.3) is 6.71 Å². The molecule has 2 aromatic heterocycles. The fraction of sp³-hybridized carbons (Fsp3) is 0.270. The minimum atomic E-state index is -0.0393. The van der Waals surface area contributed by atoms with Crippen LogP contribution in [0.4, 0.5) is 34.1 Å². The highest BCUT2D eigenvalue weighted by molar-refractivity contribution is 7.33. The zero-order chi connectivity index (χ0) is 47.8. The normalized spacial score (nSPS) is 13.7. The van der Waals surface area contributed by atoms with Crippen LogP contribution >= 0.6 is 11.3 Å². The molecule has 0 saturated carbocycles. The summed E-state index contributed by atoms with van der Waals surface area (Å²) in [5, 5.41) is 2.45. The van der Waals surface area contributed by atoms with E-state index < -0.39 is 0 Å². The Bertz CT molecular complexity index is 3450. The summed E-state index contributed by atoms with van der Waals surface area (Å²) in [5.41, 5.74) is 23.6. The molecular formula is C63H63BN2OS. The van der Waals surface area contributed by atoms with Gasteiger partial charge in [0.15, 0.2) is 0 Å². The van der Waals surface area contributed by atoms with Gasteiger partial charge in [0.2, 0.25) is 0 Å². The Hall–Kier alpha value is -6.30. The maximum atomic E-state index is 6.24. The molecule has 2 aliphatic rings. The summed E-state index contributed by atoms with van der Waals surface area (Å²) < 4.78 is 8.96. The fourth-order valence-corrected chi connectivity index (χ4v) is 12.2. The maximum Gasteiger partial charge on any atom is 0.264 e. The van der Waals surface area contributed by atoms with Crippen molar-refractivity contribution < 1.29 is 4.42 Å². The van der Waals surface area contributed by atoms with Gasteiger partial charge in [-0.15, -0.1) is 11.3 Å². The molecule has 11 rings (SSSR count). The van der Waals surface area contributed by atoms with E-state index in [1.165, 1.54) is 104 Å². The van der Waals surface area contributed by atoms with Gasteiger partial charge in [-0.1, -0.05) is 161 Å². The zero-order valence-corrected chi connectivity index (χ0v) is 43.0. The van der Waals surface area contributed by atoms with Crippen LogP contribution in [0.3, 0.4) is 0 Å². The second-order valence-electron chi connectivity index (χ2n) is 23.0. The standard InChI is InChI=1S/C63H63BN2OS/c1-37(2)42-32-53-57-54(33-42)66(58-38(3)29-45(30-39(58)4)63(11,12)13)59-48-35-44(62(8,9)10)25-28-56(48)68-60(59)64(57)50-26-23-41(49-36-67-55-22-18-17-21-46(49)55)31-52(50)65(53)51-27-24-43(61(5,6)7)34-47(51)40-19-15-14-16-20-40/h14-37H,1-13H3. The highest BCUT2D eigenvalue weighted by Crippen LogP contribution is 2.53. The summed E-state index contributed by atoms with van der Waals surface area (Å²) in [5.74, 6) is 0.277. The minimum absolute atomic E-state index is 0.00664. The predicted octanol–water partition coefficient (Wildman–Crippen LogP) is 16.7. The molecular weight excluding hydrogens is 844 g/mol. The molecule has 0 radical (unpaired) electrons. The van der Waals surface area contributed by atoms with Crippen molar-refractivity contribution in [1.29, 1.82) is 0 Å². The van der Waals surface area contributed by atoms with Crippen molar-refractivity contribution in [2.75, 3.05) is 9.80 Å². The van der Waals surface area contributed by atoms with Gasteiger partial charge in [0, 0.05) is 48.4 Å². The fourth-order valence-electron chi connectivity index (χ4n) is 10.9. The lowest BCUT2D eigenvalue weighted by Crippen LogP contribution is -2.60. The lowest BCUT2D eigenvalue weighted by molar-refractivity contribution is 0.589. The van der Waals surface area contributed by atoms with Crippen LogP contribution in [0.1, 0.15) is 115 Å². The molecule has 340 valence electrons. The van der Waals surface area contributed by atoms with Crippen LogP contribution in [0.25, 0.3) is 43.3 Å². The van der Waals surface area contributed by atoms with Crippen LogP contribution in [0.5, 0.6) is 0 Å². The van der Waals surface area contributed by atoms with Crippen LogP contribution in [0.15, 0.2) is 144 Å². The van der Waals surface area contributed by atoms with E-state index in [1.807, 2.05) is 17.6 Å². The van der Waals surface area contributed by atoms with E-state index in [-0.39, 0.29) is 28.9 Å². The third kappa shape index (κ3) is 7.06. The molecule has 3 nitrogen and oxygen atoms in total. The molecule has 9 aromatic rings. The van der Waals surface area contributed by atoms with Crippen molar-refractivity contribution in [2.45, 2.75) is 112 Å². The van der Waals surface area contributed by atoms with Gasteiger partial charge in [0.1, 0.15) is 5.58 Å². The van der Waals surface area contributed by atoms with Crippen molar-refractivity contribution in [3.05, 3.63) is 173 Å². The molecule has 0 amide bonds. The quantitative estimate of drug-likeness (QED) is 0.160. The highest BCUT2D eigenvalue weighted by Gasteiger charge is 2.47. The third-order valence-corrected chi connectivity index (χ3v) is 16.0. The SMILES string of the molecule is Cc1cc(C(C)(C)C)cc(C)c1N1c2cc(C(C)C)cc3c2B(c2ccc(-c4coc5ccccc45)cc2N3c2ccc(C(C)(C)C)cc2-c2ccccc2)c2sc3ccc(C(C)(C)C)cc3c21. The molecule has 0 bridgehead atoms. The monoisotopic (exact) mass is 906 g/mol. The Labute approximate surface area is 408 Å². The first-order valence-corrected chi connectivity index (χ1v) is 25.4. The van der Waals surface area contributed by atoms with E-state index in [1.54, 1.807) is 0 Å². The van der Waals surface area contributed by atoms with Gasteiger partial charge >= 0.3 is 0 Å². The number of hydrogen-bond donors (Lipinski definition) is 0. The molecule has 0 aliphatic carbocycles. The Morgan fingerprint density at radius 2 is 1.15 bits per heavy atom. The van der Waals surface area contributed by atoms with Crippen LogP contribution in [0.2, 0.25) is 0 Å². The van der Waals surface area contributed by atoms with Crippen molar-refractivity contribution >= 4 is 88.9 Å². The lowest BCUT2D eigenvalue weighted by atomic mass is 9.36. The smallest absolute Gasteiger partial charge is 0.264 e. The van der Waals surface area contributed by atoms with Gasteiger partial charge in [0.05, 0.1) is 23.3 Å². The lowest BCUT2D eigenvalue weighted by Gasteiger charge is -2.45. The summed E-state index contributed by atoms with van der Waals surface area (Å²) in [6.45, 7) is 30.3. The summed E-state index contributed by atoms with van der Waals surface area (Å²) in [6, 6.07) is 51.2. The van der Waals surface area contributed by atoms with Crippen LogP contribution in [-0.2, 0) is 16.2 Å². The van der Waals surface area contributed by atoms with E-state index in [0.717, 1.165) is 22.1 Å². The van der Waals surface area contributed by atoms with Gasteiger partial charge < -0.3 is 14.2 Å². The molecule has 0 unspecified atom stereocenters. The summed E-state index contributed by atoms with van der Waals surface area (Å²) in [7, 11) is 0. The van der Waals surface area contributed by atoms with E-state index in [4.69, 9.17) is 4.42 Å².